The number of hydrogen-bond donors (Lipinski definition) is 1. The summed E-state index contributed by atoms with van der Waals surface area (Å²) in [5.41, 5.74) is 1.39. The Kier molecular flexibility index (Phi) is 7.44. The quantitative estimate of drug-likeness (QED) is 0.533. The fraction of sp³-hybridized carbons (Fsp3) is 0.261. The van der Waals surface area contributed by atoms with Crippen LogP contribution in [0.25, 0.3) is 5.69 Å². The monoisotopic (exact) mass is 473 g/mol. The molecule has 0 radical (unpaired) electrons. The summed E-state index contributed by atoms with van der Waals surface area (Å²) < 4.78 is 22.8. The van der Waals surface area contributed by atoms with Crippen molar-refractivity contribution in [2.75, 3.05) is 26.6 Å². The first kappa shape index (κ1) is 23.9. The van der Waals surface area contributed by atoms with E-state index in [4.69, 9.17) is 30.5 Å². The van der Waals surface area contributed by atoms with Gasteiger partial charge in [-0.3, -0.25) is 9.59 Å². The Morgan fingerprint density at radius 3 is 2.30 bits per heavy atom. The smallest absolute Gasteiger partial charge is 0.271 e. The molecule has 0 saturated heterocycles. The highest BCUT2D eigenvalue weighted by Gasteiger charge is 2.19. The molecule has 10 heteroatoms. The third-order valence-electron chi connectivity index (χ3n) is 4.77. The summed E-state index contributed by atoms with van der Waals surface area (Å²) in [6.45, 7) is 3.40. The van der Waals surface area contributed by atoms with Crippen LogP contribution in [-0.4, -0.2) is 43.1 Å². The van der Waals surface area contributed by atoms with Crippen LogP contribution < -0.4 is 29.8 Å². The number of aromatic nitrogens is 2. The predicted octanol–water partition coefficient (Wildman–Crippen LogP) is 3.63. The third kappa shape index (κ3) is 5.38. The first-order valence-corrected chi connectivity index (χ1v) is 10.3. The molecule has 0 aliphatic heterocycles. The van der Waals surface area contributed by atoms with E-state index in [1.165, 1.54) is 38.1 Å². The van der Waals surface area contributed by atoms with E-state index in [-0.39, 0.29) is 11.4 Å². The van der Waals surface area contributed by atoms with Crippen LogP contribution in [0.15, 0.2) is 47.3 Å². The maximum atomic E-state index is 12.7. The van der Waals surface area contributed by atoms with Crippen molar-refractivity contribution in [1.29, 1.82) is 0 Å². The molecule has 9 nitrogen and oxygen atoms in total. The average molecular weight is 474 g/mol. The Balaban J connectivity index is 1.81. The zero-order valence-corrected chi connectivity index (χ0v) is 19.6. The lowest BCUT2D eigenvalue weighted by Crippen LogP contribution is -2.31. The standard InChI is InChI=1S/C23H24ClN3O6/c1-13-6-7-15(24)10-17(13)27-21(28)9-8-20(26-27)33-14(2)23(29)25-16-11-18(30-3)22(32-5)19(12-16)31-4/h6-12,14H,1-5H3,(H,25,29). The van der Waals surface area contributed by atoms with Gasteiger partial charge in [0.05, 0.1) is 27.0 Å². The number of aryl methyl sites for hydroxylation is 1. The second-order valence-electron chi connectivity index (χ2n) is 7.02. The van der Waals surface area contributed by atoms with Gasteiger partial charge in [0.2, 0.25) is 11.6 Å². The van der Waals surface area contributed by atoms with E-state index in [9.17, 15) is 9.59 Å². The molecule has 1 unspecified atom stereocenters. The second kappa shape index (κ2) is 10.3. The highest BCUT2D eigenvalue weighted by Crippen LogP contribution is 2.40. The topological polar surface area (TPSA) is 101 Å². The van der Waals surface area contributed by atoms with Crippen molar-refractivity contribution in [3.8, 4) is 28.8 Å². The largest absolute Gasteiger partial charge is 0.493 e. The summed E-state index contributed by atoms with van der Waals surface area (Å²) >= 11 is 6.07. The van der Waals surface area contributed by atoms with Crippen molar-refractivity contribution in [2.24, 2.45) is 0 Å². The summed E-state index contributed by atoms with van der Waals surface area (Å²) in [4.78, 5) is 25.1. The molecular weight excluding hydrogens is 450 g/mol. The second-order valence-corrected chi connectivity index (χ2v) is 7.45. The predicted molar refractivity (Wildman–Crippen MR) is 124 cm³/mol. The Hall–Kier alpha value is -3.72. The summed E-state index contributed by atoms with van der Waals surface area (Å²) in [6, 6.07) is 11.1. The number of rotatable bonds is 8. The molecule has 0 aliphatic carbocycles. The Labute approximate surface area is 195 Å². The Morgan fingerprint density at radius 1 is 1.03 bits per heavy atom. The normalized spacial score (nSPS) is 11.5. The van der Waals surface area contributed by atoms with Gasteiger partial charge in [-0.05, 0) is 31.5 Å². The maximum Gasteiger partial charge on any atom is 0.271 e. The summed E-state index contributed by atoms with van der Waals surface area (Å²) in [7, 11) is 4.46. The van der Waals surface area contributed by atoms with Gasteiger partial charge < -0.3 is 24.3 Å². The third-order valence-corrected chi connectivity index (χ3v) is 5.01. The van der Waals surface area contributed by atoms with Gasteiger partial charge in [0.25, 0.3) is 11.5 Å². The van der Waals surface area contributed by atoms with Crippen molar-refractivity contribution in [2.45, 2.75) is 20.0 Å². The number of benzene rings is 2. The van der Waals surface area contributed by atoms with Gasteiger partial charge in [0.1, 0.15) is 0 Å². The van der Waals surface area contributed by atoms with Crippen molar-refractivity contribution >= 4 is 23.2 Å². The number of nitrogens with one attached hydrogen (secondary N) is 1. The first-order chi connectivity index (χ1) is 15.8. The Morgan fingerprint density at radius 2 is 1.70 bits per heavy atom. The van der Waals surface area contributed by atoms with Crippen LogP contribution in [0.3, 0.4) is 0 Å². The molecule has 33 heavy (non-hydrogen) atoms. The van der Waals surface area contributed by atoms with Gasteiger partial charge in [-0.15, -0.1) is 5.10 Å². The molecule has 1 amide bonds. The zero-order valence-electron chi connectivity index (χ0n) is 18.8. The van der Waals surface area contributed by atoms with Crippen LogP contribution in [0.1, 0.15) is 12.5 Å². The molecule has 0 aliphatic rings. The van der Waals surface area contributed by atoms with Crippen LogP contribution >= 0.6 is 11.6 Å². The van der Waals surface area contributed by atoms with Gasteiger partial charge in [-0.25, -0.2) is 0 Å². The Bertz CT molecular complexity index is 1200. The molecule has 3 rings (SSSR count). The summed E-state index contributed by atoms with van der Waals surface area (Å²) in [5, 5.41) is 7.45. The van der Waals surface area contributed by atoms with Gasteiger partial charge in [-0.1, -0.05) is 17.7 Å². The SMILES string of the molecule is COc1cc(NC(=O)C(C)Oc2ccc(=O)n(-c3cc(Cl)ccc3C)n2)cc(OC)c1OC. The molecule has 174 valence electrons. The van der Waals surface area contributed by atoms with Gasteiger partial charge in [0, 0.05) is 35.0 Å². The van der Waals surface area contributed by atoms with E-state index in [0.717, 1.165) is 5.56 Å². The molecule has 0 saturated carbocycles. The average Bonchev–Trinajstić information content (AvgIpc) is 2.81. The zero-order chi connectivity index (χ0) is 24.1. The lowest BCUT2D eigenvalue weighted by atomic mass is 10.2. The van der Waals surface area contributed by atoms with Crippen LogP contribution in [0.2, 0.25) is 5.02 Å². The van der Waals surface area contributed by atoms with Crippen LogP contribution in [-0.2, 0) is 4.79 Å². The van der Waals surface area contributed by atoms with Gasteiger partial charge >= 0.3 is 0 Å². The molecule has 0 fully saturated rings. The minimum absolute atomic E-state index is 0.0986. The number of halogens is 1. The number of ether oxygens (including phenoxy) is 4. The van der Waals surface area contributed by atoms with E-state index < -0.39 is 12.0 Å². The lowest BCUT2D eigenvalue weighted by molar-refractivity contribution is -0.122. The number of hydrogen-bond acceptors (Lipinski definition) is 7. The van der Waals surface area contributed by atoms with Crippen molar-refractivity contribution in [3.63, 3.8) is 0 Å². The number of amides is 1. The fourth-order valence-electron chi connectivity index (χ4n) is 3.07. The van der Waals surface area contributed by atoms with Gasteiger partial charge in [-0.2, -0.15) is 4.68 Å². The van der Waals surface area contributed by atoms with E-state index >= 15 is 0 Å². The van der Waals surface area contributed by atoms with Crippen molar-refractivity contribution < 1.29 is 23.7 Å². The first-order valence-electron chi connectivity index (χ1n) is 9.91. The molecule has 1 N–H and O–H groups in total. The molecule has 2 aromatic carbocycles. The molecular formula is C23H24ClN3O6. The number of anilines is 1. The number of carbonyl (C=O) groups is 1. The number of methoxy groups -OCH3 is 3. The fourth-order valence-corrected chi connectivity index (χ4v) is 3.24. The lowest BCUT2D eigenvalue weighted by Gasteiger charge is -2.17. The highest BCUT2D eigenvalue weighted by molar-refractivity contribution is 6.30. The van der Waals surface area contributed by atoms with E-state index in [1.54, 1.807) is 37.3 Å². The van der Waals surface area contributed by atoms with E-state index in [2.05, 4.69) is 10.4 Å². The minimum Gasteiger partial charge on any atom is -0.493 e. The number of nitrogens with zero attached hydrogens (tertiary/aromatic N) is 2. The van der Waals surface area contributed by atoms with Crippen LogP contribution in [0.5, 0.6) is 23.1 Å². The minimum atomic E-state index is -0.928. The molecule has 3 aromatic rings. The summed E-state index contributed by atoms with van der Waals surface area (Å²) in [5.74, 6) is 0.854. The molecule has 1 heterocycles. The molecule has 1 aromatic heterocycles. The van der Waals surface area contributed by atoms with Crippen molar-refractivity contribution in [3.05, 3.63) is 63.4 Å². The van der Waals surface area contributed by atoms with Crippen LogP contribution in [0, 0.1) is 6.92 Å². The number of carbonyl (C=O) groups excluding carboxylic acids is 1. The van der Waals surface area contributed by atoms with Crippen molar-refractivity contribution in [1.82, 2.24) is 9.78 Å². The highest BCUT2D eigenvalue weighted by atomic mass is 35.5. The van der Waals surface area contributed by atoms with E-state index in [1.807, 2.05) is 6.92 Å². The van der Waals surface area contributed by atoms with Gasteiger partial charge in [0.15, 0.2) is 17.6 Å². The van der Waals surface area contributed by atoms with Crippen LogP contribution in [0.4, 0.5) is 5.69 Å². The van der Waals surface area contributed by atoms with E-state index in [0.29, 0.717) is 33.6 Å². The molecule has 0 spiro atoms. The summed E-state index contributed by atoms with van der Waals surface area (Å²) in [6.07, 6.45) is -0.928. The molecule has 0 bridgehead atoms. The maximum absolute atomic E-state index is 12.7. The molecule has 1 atom stereocenters.